The number of halogens is 4. The van der Waals surface area contributed by atoms with Crippen LogP contribution in [0.15, 0.2) is 47.4 Å². The van der Waals surface area contributed by atoms with Crippen LogP contribution < -0.4 is 11.1 Å². The molecule has 8 heteroatoms. The van der Waals surface area contributed by atoms with Crippen LogP contribution in [0.3, 0.4) is 0 Å². The van der Waals surface area contributed by atoms with Gasteiger partial charge in [-0.25, -0.2) is 0 Å². The Morgan fingerprint density at radius 2 is 2.00 bits per heavy atom. The molecule has 3 nitrogen and oxygen atoms in total. The topological polar surface area (TPSA) is 55.1 Å². The van der Waals surface area contributed by atoms with E-state index in [4.69, 9.17) is 17.3 Å². The van der Waals surface area contributed by atoms with E-state index in [0.29, 0.717) is 12.1 Å². The summed E-state index contributed by atoms with van der Waals surface area (Å²) in [6.45, 7) is 1.82. The maximum Gasteiger partial charge on any atom is 0.416 e. The highest BCUT2D eigenvalue weighted by atomic mass is 35.5. The van der Waals surface area contributed by atoms with Crippen molar-refractivity contribution in [2.45, 2.75) is 29.7 Å². The first kappa shape index (κ1) is 19.5. The molecule has 2 rings (SSSR count). The van der Waals surface area contributed by atoms with Crippen molar-refractivity contribution in [3.05, 3.63) is 53.1 Å². The van der Waals surface area contributed by atoms with Crippen molar-refractivity contribution in [1.82, 2.24) is 0 Å². The largest absolute Gasteiger partial charge is 0.416 e. The Morgan fingerprint density at radius 3 is 2.60 bits per heavy atom. The van der Waals surface area contributed by atoms with Crippen LogP contribution in [0.5, 0.6) is 0 Å². The molecule has 0 aliphatic rings. The second kappa shape index (κ2) is 8.01. The molecular formula is C17H16ClF3N2OS. The summed E-state index contributed by atoms with van der Waals surface area (Å²) < 4.78 is 38.4. The summed E-state index contributed by atoms with van der Waals surface area (Å²) in [4.78, 5) is 13.2. The van der Waals surface area contributed by atoms with Crippen LogP contribution >= 0.6 is 23.4 Å². The molecule has 1 unspecified atom stereocenters. The van der Waals surface area contributed by atoms with E-state index in [2.05, 4.69) is 5.32 Å². The molecule has 134 valence electrons. The number of rotatable bonds is 5. The summed E-state index contributed by atoms with van der Waals surface area (Å²) in [5.74, 6) is -0.420. The fourth-order valence-electron chi connectivity index (χ4n) is 2.08. The zero-order valence-corrected chi connectivity index (χ0v) is 14.8. The van der Waals surface area contributed by atoms with Crippen LogP contribution in [0.4, 0.5) is 24.5 Å². The predicted molar refractivity (Wildman–Crippen MR) is 95.9 cm³/mol. The number of anilines is 2. The van der Waals surface area contributed by atoms with Gasteiger partial charge >= 0.3 is 6.18 Å². The van der Waals surface area contributed by atoms with Crippen molar-refractivity contribution in [1.29, 1.82) is 0 Å². The Labute approximate surface area is 152 Å². The minimum Gasteiger partial charge on any atom is -0.399 e. The molecular weight excluding hydrogens is 373 g/mol. The van der Waals surface area contributed by atoms with Crippen molar-refractivity contribution >= 4 is 40.6 Å². The molecule has 25 heavy (non-hydrogen) atoms. The lowest BCUT2D eigenvalue weighted by Crippen LogP contribution is -2.25. The van der Waals surface area contributed by atoms with E-state index in [1.165, 1.54) is 11.8 Å². The number of alkyl halides is 3. The van der Waals surface area contributed by atoms with Gasteiger partial charge in [-0.2, -0.15) is 13.2 Å². The fourth-order valence-corrected chi connectivity index (χ4v) is 3.27. The van der Waals surface area contributed by atoms with E-state index in [-0.39, 0.29) is 10.7 Å². The number of carbonyl (C=O) groups is 1. The molecule has 3 N–H and O–H groups in total. The SMILES string of the molecule is CCC(Sc1cccc(N)c1)C(=O)Nc1cc(C(F)(F)F)ccc1Cl. The molecule has 1 amide bonds. The third-order valence-corrected chi connectivity index (χ3v) is 5.04. The lowest BCUT2D eigenvalue weighted by atomic mass is 10.2. The maximum atomic E-state index is 12.8. The monoisotopic (exact) mass is 388 g/mol. The van der Waals surface area contributed by atoms with Crippen molar-refractivity contribution < 1.29 is 18.0 Å². The van der Waals surface area contributed by atoms with Crippen molar-refractivity contribution in [3.8, 4) is 0 Å². The first-order valence-corrected chi connectivity index (χ1v) is 8.66. The second-order valence-corrected chi connectivity index (χ2v) is 6.95. The Hall–Kier alpha value is -1.86. The van der Waals surface area contributed by atoms with Crippen LogP contribution in [-0.4, -0.2) is 11.2 Å². The van der Waals surface area contributed by atoms with Gasteiger partial charge in [-0.15, -0.1) is 11.8 Å². The summed E-state index contributed by atoms with van der Waals surface area (Å²) in [6, 6.07) is 9.87. The maximum absolute atomic E-state index is 12.8. The molecule has 2 aromatic carbocycles. The van der Waals surface area contributed by atoms with Crippen molar-refractivity contribution in [2.24, 2.45) is 0 Å². The number of carbonyl (C=O) groups excluding carboxylic acids is 1. The number of hydrogen-bond donors (Lipinski definition) is 2. The molecule has 0 radical (unpaired) electrons. The smallest absolute Gasteiger partial charge is 0.399 e. The molecule has 0 aliphatic carbocycles. The van der Waals surface area contributed by atoms with Crippen molar-refractivity contribution in [3.63, 3.8) is 0 Å². The molecule has 0 aliphatic heterocycles. The first-order valence-electron chi connectivity index (χ1n) is 7.40. The molecule has 0 saturated heterocycles. The van der Waals surface area contributed by atoms with Gasteiger partial charge in [0.05, 0.1) is 21.5 Å². The van der Waals surface area contributed by atoms with E-state index < -0.39 is 22.9 Å². The molecule has 2 aromatic rings. The van der Waals surface area contributed by atoms with Gasteiger partial charge in [-0.3, -0.25) is 4.79 Å². The second-order valence-electron chi connectivity index (χ2n) is 5.27. The summed E-state index contributed by atoms with van der Waals surface area (Å²) in [7, 11) is 0. The zero-order valence-electron chi connectivity index (χ0n) is 13.2. The van der Waals surface area contributed by atoms with Crippen molar-refractivity contribution in [2.75, 3.05) is 11.1 Å². The Kier molecular flexibility index (Phi) is 6.24. The average Bonchev–Trinajstić information content (AvgIpc) is 2.53. The number of nitrogen functional groups attached to an aromatic ring is 1. The minimum atomic E-state index is -4.51. The van der Waals surface area contributed by atoms with Crippen LogP contribution in [0.1, 0.15) is 18.9 Å². The van der Waals surface area contributed by atoms with Crippen LogP contribution in [0, 0.1) is 0 Å². The third-order valence-electron chi connectivity index (χ3n) is 3.35. The van der Waals surface area contributed by atoms with Crippen LogP contribution in [0.2, 0.25) is 5.02 Å². The lowest BCUT2D eigenvalue weighted by molar-refractivity contribution is -0.137. The lowest BCUT2D eigenvalue weighted by Gasteiger charge is -2.17. The van der Waals surface area contributed by atoms with E-state index in [0.717, 1.165) is 23.1 Å². The normalized spacial score (nSPS) is 12.7. The van der Waals surface area contributed by atoms with Gasteiger partial charge in [-0.1, -0.05) is 24.6 Å². The average molecular weight is 389 g/mol. The third kappa shape index (κ3) is 5.31. The number of hydrogen-bond acceptors (Lipinski definition) is 3. The van der Waals surface area contributed by atoms with Gasteiger partial charge in [-0.05, 0) is 42.8 Å². The highest BCUT2D eigenvalue weighted by Crippen LogP contribution is 2.34. The Balaban J connectivity index is 2.16. The molecule has 0 heterocycles. The first-order chi connectivity index (χ1) is 11.7. The predicted octanol–water partition coefficient (Wildman–Crippen LogP) is 5.45. The van der Waals surface area contributed by atoms with Gasteiger partial charge in [0.25, 0.3) is 0 Å². The highest BCUT2D eigenvalue weighted by molar-refractivity contribution is 8.00. The van der Waals surface area contributed by atoms with E-state index >= 15 is 0 Å². The van der Waals surface area contributed by atoms with Crippen LogP contribution in [0.25, 0.3) is 0 Å². The van der Waals surface area contributed by atoms with Gasteiger partial charge in [0.15, 0.2) is 0 Å². The molecule has 0 spiro atoms. The highest BCUT2D eigenvalue weighted by Gasteiger charge is 2.31. The number of amides is 1. The summed E-state index contributed by atoms with van der Waals surface area (Å²) in [5, 5.41) is 2.04. The number of nitrogens with one attached hydrogen (secondary N) is 1. The number of nitrogens with two attached hydrogens (primary N) is 1. The Morgan fingerprint density at radius 1 is 1.28 bits per heavy atom. The van der Waals surface area contributed by atoms with Gasteiger partial charge in [0.2, 0.25) is 5.91 Å². The summed E-state index contributed by atoms with van der Waals surface area (Å²) >= 11 is 7.20. The van der Waals surface area contributed by atoms with Gasteiger partial charge < -0.3 is 11.1 Å². The number of benzene rings is 2. The zero-order chi connectivity index (χ0) is 18.6. The quantitative estimate of drug-likeness (QED) is 0.529. The fraction of sp³-hybridized carbons (Fsp3) is 0.235. The molecule has 0 aromatic heterocycles. The van der Waals surface area contributed by atoms with Gasteiger partial charge in [0.1, 0.15) is 0 Å². The molecule has 0 fully saturated rings. The minimum absolute atomic E-state index is 0.0464. The van der Waals surface area contributed by atoms with Crippen LogP contribution in [-0.2, 0) is 11.0 Å². The molecule has 1 atom stereocenters. The standard InChI is InChI=1S/C17H16ClF3N2OS/c1-2-15(25-12-5-3-4-11(22)9-12)16(24)23-14-8-10(17(19,20)21)6-7-13(14)18/h3-9,15H,2,22H2,1H3,(H,23,24). The molecule has 0 bridgehead atoms. The Bertz CT molecular complexity index is 768. The summed E-state index contributed by atoms with van der Waals surface area (Å²) in [5.41, 5.74) is 5.35. The summed E-state index contributed by atoms with van der Waals surface area (Å²) in [6.07, 6.45) is -4.02. The van der Waals surface area contributed by atoms with E-state index in [1.54, 1.807) is 18.2 Å². The molecule has 0 saturated carbocycles. The van der Waals surface area contributed by atoms with Gasteiger partial charge in [0, 0.05) is 10.6 Å². The van der Waals surface area contributed by atoms with E-state index in [1.807, 2.05) is 13.0 Å². The van der Waals surface area contributed by atoms with E-state index in [9.17, 15) is 18.0 Å². The number of thioether (sulfide) groups is 1.